The van der Waals surface area contributed by atoms with Gasteiger partial charge in [-0.05, 0) is 37.5 Å². The van der Waals surface area contributed by atoms with Crippen molar-refractivity contribution >= 4 is 17.6 Å². The summed E-state index contributed by atoms with van der Waals surface area (Å²) in [5.41, 5.74) is 7.58. The molecule has 0 bridgehead atoms. The van der Waals surface area contributed by atoms with E-state index in [9.17, 15) is 0 Å². The third kappa shape index (κ3) is 2.55. The fourth-order valence-electron chi connectivity index (χ4n) is 1.64. The zero-order valence-electron chi connectivity index (χ0n) is 9.03. The molecule has 2 rings (SSSR count). The zero-order chi connectivity index (χ0) is 11.5. The van der Waals surface area contributed by atoms with Gasteiger partial charge < -0.3 is 10.2 Å². The minimum Gasteiger partial charge on any atom is -0.429 e. The molecule has 3 nitrogen and oxygen atoms in total. The van der Waals surface area contributed by atoms with Crippen LogP contribution in [0.2, 0.25) is 5.02 Å². The van der Waals surface area contributed by atoms with Gasteiger partial charge in [0, 0.05) is 5.02 Å². The number of anilines is 1. The highest BCUT2D eigenvalue weighted by molar-refractivity contribution is 6.30. The molecule has 0 saturated carbocycles. The number of rotatable bonds is 3. The fraction of sp³-hybridized carbons (Fsp3) is 0.250. The van der Waals surface area contributed by atoms with Crippen molar-refractivity contribution in [2.45, 2.75) is 19.8 Å². The first-order chi connectivity index (χ1) is 7.65. The van der Waals surface area contributed by atoms with Crippen molar-refractivity contribution in [1.29, 1.82) is 0 Å². The van der Waals surface area contributed by atoms with Crippen LogP contribution in [0.5, 0.6) is 0 Å². The highest BCUT2D eigenvalue weighted by Crippen LogP contribution is 2.16. The average molecular weight is 237 g/mol. The number of nitrogens with two attached hydrogens (primary N) is 1. The summed E-state index contributed by atoms with van der Waals surface area (Å²) in [6, 6.07) is 8.05. The Morgan fingerprint density at radius 2 is 2.19 bits per heavy atom. The van der Waals surface area contributed by atoms with Crippen LogP contribution in [-0.4, -0.2) is 4.98 Å². The Bertz CT molecular complexity index is 494. The van der Waals surface area contributed by atoms with E-state index in [1.165, 1.54) is 5.56 Å². The molecule has 84 valence electrons. The maximum absolute atomic E-state index is 5.91. The summed E-state index contributed by atoms with van der Waals surface area (Å²) in [7, 11) is 0. The first-order valence-electron chi connectivity index (χ1n) is 5.11. The molecule has 0 amide bonds. The lowest BCUT2D eigenvalue weighted by atomic mass is 10.1. The lowest BCUT2D eigenvalue weighted by Gasteiger charge is -2.00. The normalized spacial score (nSPS) is 10.6. The van der Waals surface area contributed by atoms with Crippen molar-refractivity contribution in [2.24, 2.45) is 0 Å². The van der Waals surface area contributed by atoms with Crippen molar-refractivity contribution in [3.8, 4) is 0 Å². The molecule has 0 aliphatic carbocycles. The Morgan fingerprint density at radius 3 is 2.81 bits per heavy atom. The topological polar surface area (TPSA) is 52.0 Å². The van der Waals surface area contributed by atoms with E-state index >= 15 is 0 Å². The molecule has 2 aromatic rings. The summed E-state index contributed by atoms with van der Waals surface area (Å²) < 4.78 is 5.17. The van der Waals surface area contributed by atoms with E-state index in [2.05, 4.69) is 4.98 Å². The average Bonchev–Trinajstić information content (AvgIpc) is 2.54. The van der Waals surface area contributed by atoms with Crippen LogP contribution in [0.1, 0.15) is 17.0 Å². The Balaban J connectivity index is 2.05. The van der Waals surface area contributed by atoms with Crippen molar-refractivity contribution < 1.29 is 4.42 Å². The fourth-order valence-corrected chi connectivity index (χ4v) is 1.85. The first-order valence-corrected chi connectivity index (χ1v) is 5.49. The van der Waals surface area contributed by atoms with Gasteiger partial charge in [0.1, 0.15) is 5.76 Å². The van der Waals surface area contributed by atoms with E-state index in [0.29, 0.717) is 0 Å². The number of halogens is 1. The Labute approximate surface area is 99.2 Å². The van der Waals surface area contributed by atoms with Crippen LogP contribution in [0.25, 0.3) is 0 Å². The number of aryl methyl sites for hydroxylation is 3. The van der Waals surface area contributed by atoms with Crippen LogP contribution >= 0.6 is 11.6 Å². The largest absolute Gasteiger partial charge is 0.429 e. The Kier molecular flexibility index (Phi) is 3.15. The van der Waals surface area contributed by atoms with Crippen LogP contribution < -0.4 is 5.73 Å². The number of oxazole rings is 1. The van der Waals surface area contributed by atoms with Gasteiger partial charge in [-0.2, -0.15) is 4.98 Å². The van der Waals surface area contributed by atoms with E-state index < -0.39 is 0 Å². The Morgan fingerprint density at radius 1 is 1.38 bits per heavy atom. The number of benzene rings is 1. The summed E-state index contributed by atoms with van der Waals surface area (Å²) in [5, 5.41) is 0.758. The molecule has 0 aliphatic heterocycles. The molecule has 0 aliphatic rings. The van der Waals surface area contributed by atoms with Gasteiger partial charge in [-0.25, -0.2) is 0 Å². The van der Waals surface area contributed by atoms with E-state index in [1.54, 1.807) is 0 Å². The second-order valence-electron chi connectivity index (χ2n) is 3.68. The molecule has 1 aromatic heterocycles. The summed E-state index contributed by atoms with van der Waals surface area (Å²) >= 11 is 5.91. The molecular weight excluding hydrogens is 224 g/mol. The minimum absolute atomic E-state index is 0.235. The van der Waals surface area contributed by atoms with Crippen molar-refractivity contribution in [1.82, 2.24) is 4.98 Å². The SMILES string of the molecule is Cc1oc(N)nc1CCc1cccc(Cl)c1. The van der Waals surface area contributed by atoms with E-state index in [1.807, 2.05) is 31.2 Å². The third-order valence-electron chi connectivity index (χ3n) is 2.45. The number of nitrogens with zero attached hydrogens (tertiary/aromatic N) is 1. The molecule has 0 atom stereocenters. The molecular formula is C12H13ClN2O. The molecule has 0 radical (unpaired) electrons. The monoisotopic (exact) mass is 236 g/mol. The number of nitrogen functional groups attached to an aromatic ring is 1. The van der Waals surface area contributed by atoms with E-state index in [4.69, 9.17) is 21.8 Å². The second-order valence-corrected chi connectivity index (χ2v) is 4.12. The molecule has 0 unspecified atom stereocenters. The van der Waals surface area contributed by atoms with Gasteiger partial charge in [-0.3, -0.25) is 0 Å². The summed E-state index contributed by atoms with van der Waals surface area (Å²) in [5.74, 6) is 0.791. The standard InChI is InChI=1S/C12H13ClN2O/c1-8-11(15-12(14)16-8)6-5-9-3-2-4-10(13)7-9/h2-4,7H,5-6H2,1H3,(H2,14,15). The number of aromatic nitrogens is 1. The summed E-state index contributed by atoms with van der Waals surface area (Å²) in [6.07, 6.45) is 1.69. The molecule has 0 saturated heterocycles. The van der Waals surface area contributed by atoms with Gasteiger partial charge in [0.2, 0.25) is 0 Å². The Hall–Kier alpha value is -1.48. The van der Waals surface area contributed by atoms with Gasteiger partial charge in [-0.1, -0.05) is 23.7 Å². The maximum Gasteiger partial charge on any atom is 0.292 e. The molecule has 2 N–H and O–H groups in total. The lowest BCUT2D eigenvalue weighted by Crippen LogP contribution is -1.94. The predicted molar refractivity (Wildman–Crippen MR) is 64.5 cm³/mol. The lowest BCUT2D eigenvalue weighted by molar-refractivity contribution is 0.544. The highest BCUT2D eigenvalue weighted by Gasteiger charge is 2.07. The minimum atomic E-state index is 0.235. The van der Waals surface area contributed by atoms with Crippen molar-refractivity contribution in [3.05, 3.63) is 46.3 Å². The van der Waals surface area contributed by atoms with Gasteiger partial charge in [0.05, 0.1) is 5.69 Å². The molecule has 0 fully saturated rings. The van der Waals surface area contributed by atoms with Crippen molar-refractivity contribution in [2.75, 3.05) is 5.73 Å². The molecule has 16 heavy (non-hydrogen) atoms. The summed E-state index contributed by atoms with van der Waals surface area (Å²) in [4.78, 5) is 4.13. The predicted octanol–water partition coefficient (Wildman–Crippen LogP) is 3.00. The van der Waals surface area contributed by atoms with Crippen LogP contribution in [0.15, 0.2) is 28.7 Å². The molecule has 0 spiro atoms. The van der Waals surface area contributed by atoms with Crippen LogP contribution in [0.3, 0.4) is 0 Å². The van der Waals surface area contributed by atoms with Gasteiger partial charge in [0.25, 0.3) is 6.01 Å². The zero-order valence-corrected chi connectivity index (χ0v) is 9.79. The second kappa shape index (κ2) is 4.58. The van der Waals surface area contributed by atoms with E-state index in [-0.39, 0.29) is 6.01 Å². The number of hydrogen-bond acceptors (Lipinski definition) is 3. The quantitative estimate of drug-likeness (QED) is 0.891. The maximum atomic E-state index is 5.91. The van der Waals surface area contributed by atoms with Gasteiger partial charge in [-0.15, -0.1) is 0 Å². The number of hydrogen-bond donors (Lipinski definition) is 1. The molecule has 1 aromatic carbocycles. The van der Waals surface area contributed by atoms with Crippen LogP contribution in [0, 0.1) is 6.92 Å². The highest BCUT2D eigenvalue weighted by atomic mass is 35.5. The molecule has 1 heterocycles. The van der Waals surface area contributed by atoms with Crippen LogP contribution in [-0.2, 0) is 12.8 Å². The van der Waals surface area contributed by atoms with Gasteiger partial charge in [0.15, 0.2) is 0 Å². The first kappa shape index (κ1) is 11.0. The van der Waals surface area contributed by atoms with Gasteiger partial charge >= 0.3 is 0 Å². The van der Waals surface area contributed by atoms with E-state index in [0.717, 1.165) is 29.3 Å². The third-order valence-corrected chi connectivity index (χ3v) is 2.68. The van der Waals surface area contributed by atoms with Crippen LogP contribution in [0.4, 0.5) is 6.01 Å². The van der Waals surface area contributed by atoms with Crippen molar-refractivity contribution in [3.63, 3.8) is 0 Å². The summed E-state index contributed by atoms with van der Waals surface area (Å²) in [6.45, 7) is 1.87. The smallest absolute Gasteiger partial charge is 0.292 e. The molecule has 4 heteroatoms.